The van der Waals surface area contributed by atoms with Crippen LogP contribution in [0.4, 0.5) is 36.1 Å². The van der Waals surface area contributed by atoms with Gasteiger partial charge in [-0.2, -0.15) is 0 Å². The Hall–Kier alpha value is -4.47. The van der Waals surface area contributed by atoms with Crippen LogP contribution in [-0.4, -0.2) is 40.1 Å². The highest BCUT2D eigenvalue weighted by Gasteiger charge is 2.23. The highest BCUT2D eigenvalue weighted by molar-refractivity contribution is 6.07. The number of rotatable bonds is 6. The van der Waals surface area contributed by atoms with Crippen LogP contribution in [0.25, 0.3) is 22.2 Å². The molecular formula is C27H23F3N6O. The molecular weight excluding hydrogens is 481 g/mol. The first-order chi connectivity index (χ1) is 17.9. The molecule has 0 spiro atoms. The van der Waals surface area contributed by atoms with Crippen LogP contribution in [-0.2, 0) is 4.79 Å². The minimum absolute atomic E-state index is 0.327. The van der Waals surface area contributed by atoms with E-state index in [4.69, 9.17) is 0 Å². The van der Waals surface area contributed by atoms with Gasteiger partial charge in [0, 0.05) is 35.9 Å². The third kappa shape index (κ3) is 5.23. The molecule has 2 aromatic heterocycles. The largest absolute Gasteiger partial charge is 0.370 e. The molecule has 7 nitrogen and oxygen atoms in total. The lowest BCUT2D eigenvalue weighted by Crippen LogP contribution is -2.35. The number of piperidine rings is 1. The molecule has 4 aromatic rings. The number of carbonyl (C=O) groups is 1. The molecule has 0 atom stereocenters. The first-order valence-corrected chi connectivity index (χ1v) is 11.7. The summed E-state index contributed by atoms with van der Waals surface area (Å²) in [6, 6.07) is 13.2. The molecule has 1 aliphatic heterocycles. The quantitative estimate of drug-likeness (QED) is 0.317. The van der Waals surface area contributed by atoms with Crippen LogP contribution in [0.1, 0.15) is 12.8 Å². The van der Waals surface area contributed by atoms with Crippen molar-refractivity contribution in [2.75, 3.05) is 28.6 Å². The van der Waals surface area contributed by atoms with E-state index in [1.807, 2.05) is 4.90 Å². The Balaban J connectivity index is 1.54. The smallest absolute Gasteiger partial charge is 0.283 e. The number of nitrogens with one attached hydrogen (secondary N) is 2. The van der Waals surface area contributed by atoms with Gasteiger partial charge in [-0.15, -0.1) is 0 Å². The maximum atomic E-state index is 14.3. The van der Waals surface area contributed by atoms with E-state index in [0.29, 0.717) is 71.0 Å². The van der Waals surface area contributed by atoms with Crippen molar-refractivity contribution in [1.29, 1.82) is 0 Å². The standard InChI is InChI=1S/C27H23F3N6O/c1-16(28)27(37)35-24-13-20-23(14-25(24)36-10-7-17(29)8-11-36)32-15-33-26(20)34-18-6-9-31-22(12-18)19-4-2-3-5-21(19)30/h2-6,9,12-15,17H,1,7-8,10-11H2,(H,35,37)(H,31,32,33,34). The molecule has 1 aliphatic rings. The van der Waals surface area contributed by atoms with E-state index in [1.54, 1.807) is 48.7 Å². The van der Waals surface area contributed by atoms with Crippen LogP contribution in [0.3, 0.4) is 0 Å². The van der Waals surface area contributed by atoms with Crippen LogP contribution >= 0.6 is 0 Å². The predicted octanol–water partition coefficient (Wildman–Crippen LogP) is 5.93. The minimum Gasteiger partial charge on any atom is -0.370 e. The number of aromatic nitrogens is 3. The lowest BCUT2D eigenvalue weighted by molar-refractivity contribution is -0.114. The van der Waals surface area contributed by atoms with Crippen molar-refractivity contribution in [2.45, 2.75) is 19.0 Å². The fourth-order valence-corrected chi connectivity index (χ4v) is 4.29. The van der Waals surface area contributed by atoms with E-state index >= 15 is 0 Å². The third-order valence-electron chi connectivity index (χ3n) is 6.19. The zero-order valence-electron chi connectivity index (χ0n) is 19.7. The van der Waals surface area contributed by atoms with Crippen molar-refractivity contribution in [3.8, 4) is 11.3 Å². The molecule has 5 rings (SSSR count). The van der Waals surface area contributed by atoms with E-state index in [9.17, 15) is 18.0 Å². The van der Waals surface area contributed by atoms with Gasteiger partial charge in [0.2, 0.25) is 0 Å². The fraction of sp³-hybridized carbons (Fsp3) is 0.185. The second-order valence-corrected chi connectivity index (χ2v) is 8.66. The summed E-state index contributed by atoms with van der Waals surface area (Å²) in [5.41, 5.74) is 2.89. The van der Waals surface area contributed by atoms with Crippen LogP contribution < -0.4 is 15.5 Å². The molecule has 0 radical (unpaired) electrons. The number of benzene rings is 2. The summed E-state index contributed by atoms with van der Waals surface area (Å²) < 4.78 is 41.6. The SMILES string of the molecule is C=C(F)C(=O)Nc1cc2c(Nc3ccnc(-c4ccccc4F)c3)ncnc2cc1N1CCC(F)CC1. The van der Waals surface area contributed by atoms with Gasteiger partial charge in [-0.1, -0.05) is 18.7 Å². The van der Waals surface area contributed by atoms with E-state index in [2.05, 4.69) is 32.2 Å². The molecule has 188 valence electrons. The Labute approximate surface area is 211 Å². The number of fused-ring (bicyclic) bond motifs is 1. The third-order valence-corrected chi connectivity index (χ3v) is 6.19. The van der Waals surface area contributed by atoms with Gasteiger partial charge in [0.05, 0.1) is 22.6 Å². The maximum absolute atomic E-state index is 14.3. The van der Waals surface area contributed by atoms with Gasteiger partial charge in [-0.05, 0) is 49.2 Å². The average molecular weight is 505 g/mol. The molecule has 37 heavy (non-hydrogen) atoms. The predicted molar refractivity (Wildman–Crippen MR) is 138 cm³/mol. The number of hydrogen-bond acceptors (Lipinski definition) is 6. The number of alkyl halides is 1. The van der Waals surface area contributed by atoms with Gasteiger partial charge >= 0.3 is 0 Å². The van der Waals surface area contributed by atoms with E-state index in [1.165, 1.54) is 12.4 Å². The Morgan fingerprint density at radius 3 is 2.59 bits per heavy atom. The second-order valence-electron chi connectivity index (χ2n) is 8.66. The van der Waals surface area contributed by atoms with Gasteiger partial charge in [0.1, 0.15) is 24.1 Å². The molecule has 0 bridgehead atoms. The van der Waals surface area contributed by atoms with Gasteiger partial charge in [-0.3, -0.25) is 9.78 Å². The summed E-state index contributed by atoms with van der Waals surface area (Å²) in [5.74, 6) is -2.08. The first kappa shape index (κ1) is 24.2. The van der Waals surface area contributed by atoms with Crippen LogP contribution in [0.15, 0.2) is 73.5 Å². The Morgan fingerprint density at radius 2 is 1.84 bits per heavy atom. The number of pyridine rings is 1. The average Bonchev–Trinajstić information content (AvgIpc) is 2.89. The summed E-state index contributed by atoms with van der Waals surface area (Å²) in [7, 11) is 0. The fourth-order valence-electron chi connectivity index (χ4n) is 4.29. The first-order valence-electron chi connectivity index (χ1n) is 11.7. The van der Waals surface area contributed by atoms with Crippen molar-refractivity contribution >= 4 is 39.7 Å². The van der Waals surface area contributed by atoms with Crippen molar-refractivity contribution < 1.29 is 18.0 Å². The molecule has 0 saturated carbocycles. The Morgan fingerprint density at radius 1 is 1.05 bits per heavy atom. The lowest BCUT2D eigenvalue weighted by atomic mass is 10.1. The van der Waals surface area contributed by atoms with Crippen molar-refractivity contribution in [2.24, 2.45) is 0 Å². The van der Waals surface area contributed by atoms with Gasteiger partial charge < -0.3 is 15.5 Å². The molecule has 1 saturated heterocycles. The molecule has 2 N–H and O–H groups in total. The maximum Gasteiger partial charge on any atom is 0.283 e. The zero-order chi connectivity index (χ0) is 25.9. The molecule has 3 heterocycles. The van der Waals surface area contributed by atoms with E-state index < -0.39 is 23.7 Å². The topological polar surface area (TPSA) is 83.0 Å². The summed E-state index contributed by atoms with van der Waals surface area (Å²) in [6.07, 6.45) is 2.77. The number of carbonyl (C=O) groups excluding carboxylic acids is 1. The van der Waals surface area contributed by atoms with Gasteiger partial charge in [-0.25, -0.2) is 23.1 Å². The number of halogens is 3. The molecule has 0 aliphatic carbocycles. The summed E-state index contributed by atoms with van der Waals surface area (Å²) in [6.45, 7) is 3.95. The lowest BCUT2D eigenvalue weighted by Gasteiger charge is -2.32. The Bertz CT molecular complexity index is 1490. The molecule has 2 aromatic carbocycles. The van der Waals surface area contributed by atoms with Crippen molar-refractivity contribution in [3.63, 3.8) is 0 Å². The van der Waals surface area contributed by atoms with Crippen molar-refractivity contribution in [1.82, 2.24) is 15.0 Å². The summed E-state index contributed by atoms with van der Waals surface area (Å²) in [5, 5.41) is 6.31. The molecule has 10 heteroatoms. The highest BCUT2D eigenvalue weighted by Crippen LogP contribution is 2.36. The summed E-state index contributed by atoms with van der Waals surface area (Å²) in [4.78, 5) is 27.1. The van der Waals surface area contributed by atoms with Gasteiger partial charge in [0.25, 0.3) is 5.91 Å². The monoisotopic (exact) mass is 504 g/mol. The van der Waals surface area contributed by atoms with E-state index in [-0.39, 0.29) is 0 Å². The zero-order valence-corrected chi connectivity index (χ0v) is 19.7. The number of anilines is 4. The molecule has 0 unspecified atom stereocenters. The normalized spacial score (nSPS) is 14.0. The molecule has 1 fully saturated rings. The highest BCUT2D eigenvalue weighted by atomic mass is 19.1. The van der Waals surface area contributed by atoms with Crippen molar-refractivity contribution in [3.05, 3.63) is 79.3 Å². The second kappa shape index (κ2) is 10.3. The van der Waals surface area contributed by atoms with E-state index in [0.717, 1.165) is 0 Å². The van der Waals surface area contributed by atoms with Crippen LogP contribution in [0.2, 0.25) is 0 Å². The van der Waals surface area contributed by atoms with Gasteiger partial charge in [0.15, 0.2) is 5.83 Å². The number of hydrogen-bond donors (Lipinski definition) is 2. The minimum atomic E-state index is -1.13. The van der Waals surface area contributed by atoms with Crippen LogP contribution in [0, 0.1) is 5.82 Å². The Kier molecular flexibility index (Phi) is 6.72. The molecule has 1 amide bonds. The summed E-state index contributed by atoms with van der Waals surface area (Å²) >= 11 is 0. The van der Waals surface area contributed by atoms with Crippen LogP contribution in [0.5, 0.6) is 0 Å². The number of amides is 1. The number of nitrogens with zero attached hydrogens (tertiary/aromatic N) is 4.